The van der Waals surface area contributed by atoms with Crippen molar-refractivity contribution in [3.05, 3.63) is 22.4 Å². The number of ketones is 1. The maximum absolute atomic E-state index is 11.5. The van der Waals surface area contributed by atoms with Crippen LogP contribution in [-0.4, -0.2) is 24.3 Å². The number of amides is 1. The molecule has 0 radical (unpaired) electrons. The van der Waals surface area contributed by atoms with Gasteiger partial charge in [-0.2, -0.15) is 0 Å². The van der Waals surface area contributed by atoms with Crippen molar-refractivity contribution in [3.8, 4) is 0 Å². The fourth-order valence-electron chi connectivity index (χ4n) is 1.37. The first-order valence-corrected chi connectivity index (χ1v) is 6.32. The van der Waals surface area contributed by atoms with E-state index >= 15 is 0 Å². The lowest BCUT2D eigenvalue weighted by Gasteiger charge is -2.15. The first-order chi connectivity index (χ1) is 8.49. The molecule has 18 heavy (non-hydrogen) atoms. The number of nitrogens with one attached hydrogen (secondary N) is 1. The fraction of sp³-hybridized carbons (Fsp3) is 0.417. The van der Waals surface area contributed by atoms with Crippen LogP contribution >= 0.6 is 11.3 Å². The predicted octanol–water partition coefficient (Wildman–Crippen LogP) is 1.45. The number of thiophene rings is 1. The maximum atomic E-state index is 11.5. The number of ether oxygens (including phenoxy) is 1. The molecule has 5 nitrogen and oxygen atoms in total. The summed E-state index contributed by atoms with van der Waals surface area (Å²) in [6.45, 7) is 2.51. The zero-order chi connectivity index (χ0) is 13.5. The van der Waals surface area contributed by atoms with Crippen molar-refractivity contribution in [1.29, 1.82) is 0 Å². The lowest BCUT2D eigenvalue weighted by atomic mass is 10.1. The van der Waals surface area contributed by atoms with E-state index < -0.39 is 12.0 Å². The zero-order valence-corrected chi connectivity index (χ0v) is 11.1. The third-order valence-corrected chi connectivity index (χ3v) is 3.06. The van der Waals surface area contributed by atoms with E-state index in [2.05, 4.69) is 5.32 Å². The summed E-state index contributed by atoms with van der Waals surface area (Å²) in [7, 11) is 0. The first-order valence-electron chi connectivity index (χ1n) is 5.44. The summed E-state index contributed by atoms with van der Waals surface area (Å²) >= 11 is 1.45. The van der Waals surface area contributed by atoms with E-state index in [0.717, 1.165) is 4.88 Å². The lowest BCUT2D eigenvalue weighted by Crippen LogP contribution is -2.28. The molecule has 1 N–H and O–H groups in total. The van der Waals surface area contributed by atoms with Gasteiger partial charge in [0.1, 0.15) is 6.61 Å². The molecule has 98 valence electrons. The molecule has 1 amide bonds. The molecule has 0 aliphatic carbocycles. The second-order valence-corrected chi connectivity index (χ2v) is 4.81. The molecule has 1 heterocycles. The van der Waals surface area contributed by atoms with Gasteiger partial charge in [0.15, 0.2) is 5.78 Å². The van der Waals surface area contributed by atoms with Crippen LogP contribution in [0.1, 0.15) is 31.2 Å². The molecule has 0 bridgehead atoms. The summed E-state index contributed by atoms with van der Waals surface area (Å²) in [6, 6.07) is 3.28. The van der Waals surface area contributed by atoms with Gasteiger partial charge in [-0.15, -0.1) is 11.3 Å². The number of hydrogen-bond donors (Lipinski definition) is 1. The highest BCUT2D eigenvalue weighted by Gasteiger charge is 2.19. The van der Waals surface area contributed by atoms with Crippen molar-refractivity contribution >= 4 is 29.0 Å². The summed E-state index contributed by atoms with van der Waals surface area (Å²) in [6.07, 6.45) is 0.0212. The highest BCUT2D eigenvalue weighted by atomic mass is 32.1. The van der Waals surface area contributed by atoms with Crippen molar-refractivity contribution < 1.29 is 19.1 Å². The summed E-state index contributed by atoms with van der Waals surface area (Å²) in [5.41, 5.74) is 0. The van der Waals surface area contributed by atoms with Crippen molar-refractivity contribution in [2.24, 2.45) is 0 Å². The number of carbonyl (C=O) groups excluding carboxylic acids is 3. The molecule has 1 rings (SSSR count). The van der Waals surface area contributed by atoms with Gasteiger partial charge in [-0.3, -0.25) is 14.4 Å². The van der Waals surface area contributed by atoms with Crippen LogP contribution in [-0.2, 0) is 19.1 Å². The molecule has 0 saturated heterocycles. The van der Waals surface area contributed by atoms with E-state index in [-0.39, 0.29) is 24.7 Å². The van der Waals surface area contributed by atoms with Gasteiger partial charge in [-0.25, -0.2) is 0 Å². The van der Waals surface area contributed by atoms with E-state index in [1.807, 2.05) is 17.5 Å². The summed E-state index contributed by atoms with van der Waals surface area (Å²) in [5.74, 6) is -0.930. The van der Waals surface area contributed by atoms with E-state index in [0.29, 0.717) is 0 Å². The molecule has 1 aromatic heterocycles. The second kappa shape index (κ2) is 6.90. The van der Waals surface area contributed by atoms with E-state index in [9.17, 15) is 14.4 Å². The largest absolute Gasteiger partial charge is 0.458 e. The Kier molecular flexibility index (Phi) is 5.51. The van der Waals surface area contributed by atoms with Gasteiger partial charge in [0.25, 0.3) is 0 Å². The van der Waals surface area contributed by atoms with Crippen LogP contribution in [0.15, 0.2) is 17.5 Å². The number of rotatable bonds is 6. The Hall–Kier alpha value is -1.69. The minimum absolute atomic E-state index is 0.0212. The number of carbonyl (C=O) groups is 3. The molecule has 1 unspecified atom stereocenters. The molecule has 1 aromatic rings. The quantitative estimate of drug-likeness (QED) is 0.793. The van der Waals surface area contributed by atoms with Crippen molar-refractivity contribution in [2.45, 2.75) is 26.3 Å². The van der Waals surface area contributed by atoms with Gasteiger partial charge in [-0.05, 0) is 18.4 Å². The van der Waals surface area contributed by atoms with Crippen molar-refractivity contribution in [1.82, 2.24) is 5.32 Å². The average Bonchev–Trinajstić information content (AvgIpc) is 2.78. The molecule has 6 heteroatoms. The third-order valence-electron chi connectivity index (χ3n) is 2.07. The monoisotopic (exact) mass is 269 g/mol. The van der Waals surface area contributed by atoms with Crippen molar-refractivity contribution in [2.75, 3.05) is 6.61 Å². The summed E-state index contributed by atoms with van der Waals surface area (Å²) < 4.78 is 4.78. The lowest BCUT2D eigenvalue weighted by molar-refractivity contribution is -0.148. The van der Waals surface area contributed by atoms with E-state index in [1.165, 1.54) is 25.2 Å². The first kappa shape index (κ1) is 14.4. The predicted molar refractivity (Wildman–Crippen MR) is 67.1 cm³/mol. The Labute approximate surface area is 109 Å². The molecule has 0 aliphatic rings. The maximum Gasteiger partial charge on any atom is 0.308 e. The van der Waals surface area contributed by atoms with Gasteiger partial charge in [-0.1, -0.05) is 6.07 Å². The molecular weight excluding hydrogens is 254 g/mol. The smallest absolute Gasteiger partial charge is 0.308 e. The number of hydrogen-bond acceptors (Lipinski definition) is 5. The Morgan fingerprint density at radius 3 is 2.61 bits per heavy atom. The molecule has 1 atom stereocenters. The molecule has 0 saturated carbocycles. The third kappa shape index (κ3) is 5.09. The topological polar surface area (TPSA) is 72.5 Å². The molecule has 0 aliphatic heterocycles. The van der Waals surface area contributed by atoms with Crippen LogP contribution < -0.4 is 5.32 Å². The molecular formula is C12H15NO4S. The van der Waals surface area contributed by atoms with Crippen LogP contribution in [0, 0.1) is 0 Å². The molecule has 0 fully saturated rings. The van der Waals surface area contributed by atoms with Gasteiger partial charge in [0, 0.05) is 11.8 Å². The molecule has 0 aromatic carbocycles. The van der Waals surface area contributed by atoms with Crippen LogP contribution in [0.3, 0.4) is 0 Å². The van der Waals surface area contributed by atoms with Crippen LogP contribution in [0.2, 0.25) is 0 Å². The Balaban J connectivity index is 2.59. The van der Waals surface area contributed by atoms with Crippen molar-refractivity contribution in [3.63, 3.8) is 0 Å². The minimum atomic E-state index is -0.502. The minimum Gasteiger partial charge on any atom is -0.458 e. The average molecular weight is 269 g/mol. The van der Waals surface area contributed by atoms with Gasteiger partial charge >= 0.3 is 5.97 Å². The Morgan fingerprint density at radius 1 is 1.39 bits per heavy atom. The standard InChI is InChI=1S/C12H15NO4S/c1-8(14)7-17-12(16)6-10(13-9(2)15)11-4-3-5-18-11/h3-5,10H,6-7H2,1-2H3,(H,13,15). The van der Waals surface area contributed by atoms with Gasteiger partial charge in [0.05, 0.1) is 12.5 Å². The summed E-state index contributed by atoms with van der Waals surface area (Å²) in [4.78, 5) is 34.2. The molecule has 0 spiro atoms. The second-order valence-electron chi connectivity index (χ2n) is 3.84. The highest BCUT2D eigenvalue weighted by Crippen LogP contribution is 2.22. The highest BCUT2D eigenvalue weighted by molar-refractivity contribution is 7.10. The number of esters is 1. The van der Waals surface area contributed by atoms with Gasteiger partial charge in [0.2, 0.25) is 5.91 Å². The SMILES string of the molecule is CC(=O)COC(=O)CC(NC(C)=O)c1cccs1. The number of Topliss-reactive ketones (excluding diaryl/α,β-unsaturated/α-hetero) is 1. The van der Waals surface area contributed by atoms with Crippen LogP contribution in [0.5, 0.6) is 0 Å². The zero-order valence-electron chi connectivity index (χ0n) is 10.3. The Morgan fingerprint density at radius 2 is 2.11 bits per heavy atom. The normalized spacial score (nSPS) is 11.7. The summed E-state index contributed by atoms with van der Waals surface area (Å²) in [5, 5.41) is 4.55. The van der Waals surface area contributed by atoms with Crippen LogP contribution in [0.4, 0.5) is 0 Å². The fourth-order valence-corrected chi connectivity index (χ4v) is 2.14. The Bertz CT molecular complexity index is 427. The van der Waals surface area contributed by atoms with Crippen LogP contribution in [0.25, 0.3) is 0 Å². The van der Waals surface area contributed by atoms with Gasteiger partial charge < -0.3 is 10.1 Å². The van der Waals surface area contributed by atoms with E-state index in [4.69, 9.17) is 4.74 Å². The van der Waals surface area contributed by atoms with E-state index in [1.54, 1.807) is 0 Å².